The molecule has 1 N–H and O–H groups in total. The van der Waals surface area contributed by atoms with Crippen molar-refractivity contribution in [3.63, 3.8) is 0 Å². The number of carbonyl (C=O) groups excluding carboxylic acids is 1. The van der Waals surface area contributed by atoms with E-state index in [4.69, 9.17) is 5.11 Å². The van der Waals surface area contributed by atoms with Gasteiger partial charge in [0, 0.05) is 4.47 Å². The second-order valence-electron chi connectivity index (χ2n) is 3.04. The molecule has 1 rings (SSSR count). The van der Waals surface area contributed by atoms with Crippen LogP contribution in [-0.2, 0) is 14.3 Å². The fourth-order valence-electron chi connectivity index (χ4n) is 1.19. The Morgan fingerprint density at radius 1 is 1.65 bits per heavy atom. The van der Waals surface area contributed by atoms with E-state index in [0.29, 0.717) is 0 Å². The van der Waals surface area contributed by atoms with Crippen molar-refractivity contribution in [2.45, 2.75) is 12.8 Å². The van der Waals surface area contributed by atoms with Gasteiger partial charge >= 0.3 is 11.9 Å². The molecule has 17 heavy (non-hydrogen) atoms. The molecule has 1 aromatic heterocycles. The molecule has 0 amide bonds. The molecule has 0 bridgehead atoms. The molecule has 0 fully saturated rings. The van der Waals surface area contributed by atoms with E-state index in [1.165, 1.54) is 0 Å². The van der Waals surface area contributed by atoms with E-state index in [9.17, 15) is 14.0 Å². The van der Waals surface area contributed by atoms with Gasteiger partial charge < -0.3 is 9.84 Å². The standard InChI is InChI=1S/C10H9BrFNO4/c1-2-17-10(16)7(9(14)15)8-6(11)3-5(12)4-13-8/h3-4,7H,2H2,1H3,(H,14,15). The zero-order valence-electron chi connectivity index (χ0n) is 8.81. The average molecular weight is 306 g/mol. The lowest BCUT2D eigenvalue weighted by atomic mass is 10.1. The number of rotatable bonds is 4. The number of pyridine rings is 1. The predicted octanol–water partition coefficient (Wildman–Crippen LogP) is 1.71. The third-order valence-electron chi connectivity index (χ3n) is 1.88. The van der Waals surface area contributed by atoms with Crippen LogP contribution >= 0.6 is 15.9 Å². The van der Waals surface area contributed by atoms with E-state index in [-0.39, 0.29) is 16.8 Å². The minimum atomic E-state index is -1.56. The number of aromatic nitrogens is 1. The van der Waals surface area contributed by atoms with Gasteiger partial charge in [-0.1, -0.05) is 0 Å². The summed E-state index contributed by atoms with van der Waals surface area (Å²) in [6.45, 7) is 1.62. The second kappa shape index (κ2) is 5.72. The third-order valence-corrected chi connectivity index (χ3v) is 2.51. The number of hydrogen-bond donors (Lipinski definition) is 1. The van der Waals surface area contributed by atoms with Crippen LogP contribution in [0.4, 0.5) is 4.39 Å². The molecule has 0 saturated carbocycles. The Bertz CT molecular complexity index is 452. The first-order valence-electron chi connectivity index (χ1n) is 4.67. The summed E-state index contributed by atoms with van der Waals surface area (Å²) in [5.41, 5.74) is -0.0858. The first-order valence-corrected chi connectivity index (χ1v) is 5.47. The fraction of sp³-hybridized carbons (Fsp3) is 0.300. The Labute approximate surface area is 105 Å². The maximum absolute atomic E-state index is 12.8. The topological polar surface area (TPSA) is 76.5 Å². The monoisotopic (exact) mass is 305 g/mol. The molecule has 1 aromatic rings. The van der Waals surface area contributed by atoms with Gasteiger partial charge in [0.05, 0.1) is 18.5 Å². The maximum atomic E-state index is 12.8. The van der Waals surface area contributed by atoms with Crippen molar-refractivity contribution in [1.82, 2.24) is 4.98 Å². The van der Waals surface area contributed by atoms with Gasteiger partial charge in [0.1, 0.15) is 5.82 Å². The van der Waals surface area contributed by atoms with Crippen molar-refractivity contribution in [2.75, 3.05) is 6.61 Å². The van der Waals surface area contributed by atoms with Crippen molar-refractivity contribution >= 4 is 27.9 Å². The van der Waals surface area contributed by atoms with E-state index in [1.54, 1.807) is 6.92 Å². The Hall–Kier alpha value is -1.50. The molecule has 0 saturated heterocycles. The van der Waals surface area contributed by atoms with E-state index in [1.807, 2.05) is 0 Å². The highest BCUT2D eigenvalue weighted by atomic mass is 79.9. The summed E-state index contributed by atoms with van der Waals surface area (Å²) in [7, 11) is 0. The smallest absolute Gasteiger partial charge is 0.326 e. The normalized spacial score (nSPS) is 11.9. The summed E-state index contributed by atoms with van der Waals surface area (Å²) in [5.74, 6) is -4.53. The van der Waals surface area contributed by atoms with E-state index < -0.39 is 23.7 Å². The summed E-state index contributed by atoms with van der Waals surface area (Å²) in [5, 5.41) is 8.96. The van der Waals surface area contributed by atoms with Crippen LogP contribution in [0.1, 0.15) is 18.5 Å². The Kier molecular flexibility index (Phi) is 4.56. The Morgan fingerprint density at radius 2 is 2.29 bits per heavy atom. The highest BCUT2D eigenvalue weighted by Gasteiger charge is 2.32. The first-order chi connectivity index (χ1) is 7.97. The molecule has 0 aromatic carbocycles. The van der Waals surface area contributed by atoms with Gasteiger partial charge in [-0.2, -0.15) is 0 Å². The highest BCUT2D eigenvalue weighted by molar-refractivity contribution is 9.10. The van der Waals surface area contributed by atoms with Crippen LogP contribution in [-0.4, -0.2) is 28.6 Å². The lowest BCUT2D eigenvalue weighted by Gasteiger charge is -2.12. The summed E-state index contributed by atoms with van der Waals surface area (Å²) in [6, 6.07) is 1.04. The van der Waals surface area contributed by atoms with Gasteiger partial charge in [-0.15, -0.1) is 0 Å². The zero-order chi connectivity index (χ0) is 13.0. The number of esters is 1. The Morgan fingerprint density at radius 3 is 2.76 bits per heavy atom. The molecule has 92 valence electrons. The van der Waals surface area contributed by atoms with Crippen molar-refractivity contribution in [3.05, 3.63) is 28.2 Å². The maximum Gasteiger partial charge on any atom is 0.326 e. The quantitative estimate of drug-likeness (QED) is 0.677. The SMILES string of the molecule is CCOC(=O)C(C(=O)O)c1ncc(F)cc1Br. The number of carboxylic acids is 1. The molecule has 0 aliphatic carbocycles. The van der Waals surface area contributed by atoms with E-state index >= 15 is 0 Å². The number of aliphatic carboxylic acids is 1. The molecular formula is C10H9BrFNO4. The molecule has 0 spiro atoms. The van der Waals surface area contributed by atoms with Crippen molar-refractivity contribution in [1.29, 1.82) is 0 Å². The minimum absolute atomic E-state index is 0.0570. The third kappa shape index (κ3) is 3.23. The van der Waals surface area contributed by atoms with Crippen LogP contribution in [0.25, 0.3) is 0 Å². The number of halogens is 2. The Balaban J connectivity index is 3.14. The van der Waals surface area contributed by atoms with Gasteiger partial charge in [0.15, 0.2) is 5.92 Å². The number of hydrogen-bond acceptors (Lipinski definition) is 4. The summed E-state index contributed by atoms with van der Waals surface area (Å²) in [6.07, 6.45) is 0.843. The lowest BCUT2D eigenvalue weighted by molar-refractivity contribution is -0.153. The van der Waals surface area contributed by atoms with Crippen LogP contribution in [0.2, 0.25) is 0 Å². The van der Waals surface area contributed by atoms with Gasteiger partial charge in [-0.25, -0.2) is 4.39 Å². The number of carboxylic acid groups (broad SMARTS) is 1. The molecular weight excluding hydrogens is 297 g/mol. The van der Waals surface area contributed by atoms with Crippen molar-refractivity contribution < 1.29 is 23.8 Å². The van der Waals surface area contributed by atoms with Crippen LogP contribution in [0.15, 0.2) is 16.7 Å². The summed E-state index contributed by atoms with van der Waals surface area (Å²) in [4.78, 5) is 26.1. The molecule has 0 aliphatic rings. The average Bonchev–Trinajstić information content (AvgIpc) is 2.21. The molecule has 1 heterocycles. The molecule has 7 heteroatoms. The van der Waals surface area contributed by atoms with Gasteiger partial charge in [0.2, 0.25) is 0 Å². The van der Waals surface area contributed by atoms with Crippen molar-refractivity contribution in [3.8, 4) is 0 Å². The van der Waals surface area contributed by atoms with Crippen LogP contribution in [0, 0.1) is 5.82 Å². The van der Waals surface area contributed by atoms with E-state index in [0.717, 1.165) is 12.3 Å². The first kappa shape index (κ1) is 13.6. The fourth-order valence-corrected chi connectivity index (χ4v) is 1.74. The molecule has 1 unspecified atom stereocenters. The largest absolute Gasteiger partial charge is 0.480 e. The van der Waals surface area contributed by atoms with Gasteiger partial charge in [-0.3, -0.25) is 14.6 Å². The molecule has 0 radical (unpaired) electrons. The predicted molar refractivity (Wildman–Crippen MR) is 58.9 cm³/mol. The summed E-state index contributed by atoms with van der Waals surface area (Å²) >= 11 is 2.96. The van der Waals surface area contributed by atoms with Crippen LogP contribution < -0.4 is 0 Å². The van der Waals surface area contributed by atoms with Gasteiger partial charge in [-0.05, 0) is 28.9 Å². The lowest BCUT2D eigenvalue weighted by Crippen LogP contribution is -2.25. The van der Waals surface area contributed by atoms with Gasteiger partial charge in [0.25, 0.3) is 0 Å². The number of carbonyl (C=O) groups is 2. The second-order valence-corrected chi connectivity index (χ2v) is 3.90. The van der Waals surface area contributed by atoms with E-state index in [2.05, 4.69) is 25.7 Å². The minimum Gasteiger partial charge on any atom is -0.480 e. The number of nitrogens with zero attached hydrogens (tertiary/aromatic N) is 1. The zero-order valence-corrected chi connectivity index (χ0v) is 10.4. The highest BCUT2D eigenvalue weighted by Crippen LogP contribution is 2.25. The number of ether oxygens (including phenoxy) is 1. The van der Waals surface area contributed by atoms with Crippen LogP contribution in [0.3, 0.4) is 0 Å². The molecule has 0 aliphatic heterocycles. The summed E-state index contributed by atoms with van der Waals surface area (Å²) < 4.78 is 17.5. The van der Waals surface area contributed by atoms with Crippen molar-refractivity contribution in [2.24, 2.45) is 0 Å². The molecule has 5 nitrogen and oxygen atoms in total. The molecule has 1 atom stereocenters. The van der Waals surface area contributed by atoms with Crippen LogP contribution in [0.5, 0.6) is 0 Å².